The molecule has 0 aliphatic rings. The van der Waals surface area contributed by atoms with Crippen LogP contribution in [-0.2, 0) is 20.5 Å². The molecule has 3 unspecified atom stereocenters. The van der Waals surface area contributed by atoms with Gasteiger partial charge in [-0.2, -0.15) is 0 Å². The maximum Gasteiger partial charge on any atom is 0.321 e. The first-order valence-electron chi connectivity index (χ1n) is 3.65. The average Bonchev–Trinajstić information content (AvgIpc) is 2.13. The van der Waals surface area contributed by atoms with E-state index in [1.54, 1.807) is 0 Å². The van der Waals surface area contributed by atoms with Gasteiger partial charge in [0.1, 0.15) is 12.1 Å². The Balaban J connectivity index is 3.97. The number of carboxylic acid groups (broad SMARTS) is 1. The van der Waals surface area contributed by atoms with E-state index in [1.807, 2.05) is 0 Å². The molecule has 82 valence electrons. The summed E-state index contributed by atoms with van der Waals surface area (Å²) >= 11 is 0. The maximum absolute atomic E-state index is 11.2. The zero-order valence-electron chi connectivity index (χ0n) is 7.25. The van der Waals surface area contributed by atoms with Gasteiger partial charge in [-0.15, -0.1) is 0 Å². The van der Waals surface area contributed by atoms with Crippen molar-refractivity contribution in [3.05, 3.63) is 0 Å². The molecule has 0 bridgehead atoms. The van der Waals surface area contributed by atoms with Gasteiger partial charge in [-0.3, -0.25) is 14.3 Å². The molecule has 0 aliphatic carbocycles. The van der Waals surface area contributed by atoms with Crippen LogP contribution in [-0.4, -0.2) is 50.4 Å². The third kappa shape index (κ3) is 5.02. The molecule has 0 heterocycles. The van der Waals surface area contributed by atoms with Crippen LogP contribution in [0.3, 0.4) is 0 Å². The van der Waals surface area contributed by atoms with E-state index >= 15 is 0 Å². The molecule has 0 spiro atoms. The number of hydrogen-bond acceptors (Lipinski definition) is 6. The second-order valence-corrected chi connectivity index (χ2v) is 4.07. The average molecular weight is 224 g/mol. The monoisotopic (exact) mass is 224 g/mol. The Morgan fingerprint density at radius 1 is 1.64 bits per heavy atom. The summed E-state index contributed by atoms with van der Waals surface area (Å²) in [5, 5.41) is 23.3. The molecule has 0 radical (unpaired) electrons. The van der Waals surface area contributed by atoms with Gasteiger partial charge in [0.05, 0.1) is 5.75 Å². The minimum Gasteiger partial charge on any atom is -0.480 e. The van der Waals surface area contributed by atoms with Crippen LogP contribution < -0.4 is 5.73 Å². The van der Waals surface area contributed by atoms with Gasteiger partial charge in [-0.25, -0.2) is 4.89 Å². The molecule has 5 N–H and O–H groups in total. The Morgan fingerprint density at radius 2 is 2.21 bits per heavy atom. The molecule has 0 aromatic heterocycles. The normalized spacial score (nSPS) is 17.0. The summed E-state index contributed by atoms with van der Waals surface area (Å²) in [6.07, 6.45) is -0.221. The summed E-state index contributed by atoms with van der Waals surface area (Å²) in [5.41, 5.74) is 5.12. The fourth-order valence-corrected chi connectivity index (χ4v) is 1.83. The zero-order chi connectivity index (χ0) is 11.1. The largest absolute Gasteiger partial charge is 0.480 e. The van der Waals surface area contributed by atoms with Gasteiger partial charge < -0.3 is 16.2 Å². The molecule has 0 saturated heterocycles. The molecule has 14 heavy (non-hydrogen) atoms. The van der Waals surface area contributed by atoms with E-state index < -0.39 is 28.9 Å². The topological polar surface area (TPSA) is 134 Å². The number of carboxylic acids is 1. The lowest BCUT2D eigenvalue weighted by Crippen LogP contribution is -2.37. The number of rotatable bonds is 7. The highest BCUT2D eigenvalue weighted by molar-refractivity contribution is 7.85. The number of carbonyl (C=O) groups is 1. The standard InChI is InChI=1S/C6H12N2O5S/c7-1-4(13-11)2-14(12)3-5(8)6(9)10/h1,4-5,7,11H,2-3,8H2,(H,9,10). The SMILES string of the molecule is N=CC(CS(=O)CC(N)C(=O)O)OO. The first-order chi connectivity index (χ1) is 6.51. The van der Waals surface area contributed by atoms with Crippen molar-refractivity contribution < 1.29 is 24.3 Å². The van der Waals surface area contributed by atoms with Crippen molar-refractivity contribution in [3.8, 4) is 0 Å². The molecule has 8 heteroatoms. The molecule has 0 amide bonds. The molecule has 0 saturated carbocycles. The van der Waals surface area contributed by atoms with Crippen molar-refractivity contribution in [2.75, 3.05) is 11.5 Å². The minimum atomic E-state index is -1.54. The van der Waals surface area contributed by atoms with Gasteiger partial charge in [0.2, 0.25) is 0 Å². The number of nitrogens with one attached hydrogen (secondary N) is 1. The summed E-state index contributed by atoms with van der Waals surface area (Å²) in [6.45, 7) is 0. The lowest BCUT2D eigenvalue weighted by Gasteiger charge is -2.09. The van der Waals surface area contributed by atoms with Gasteiger partial charge in [0.25, 0.3) is 0 Å². The van der Waals surface area contributed by atoms with E-state index in [-0.39, 0.29) is 11.5 Å². The fraction of sp³-hybridized carbons (Fsp3) is 0.667. The minimum absolute atomic E-state index is 0.152. The Morgan fingerprint density at radius 3 is 2.57 bits per heavy atom. The van der Waals surface area contributed by atoms with Gasteiger partial charge in [0.15, 0.2) is 0 Å². The van der Waals surface area contributed by atoms with Gasteiger partial charge in [-0.05, 0) is 0 Å². The molecule has 0 aliphatic heterocycles. The lowest BCUT2D eigenvalue weighted by molar-refractivity contribution is -0.253. The van der Waals surface area contributed by atoms with Crippen LogP contribution in [0.4, 0.5) is 0 Å². The Hall–Kier alpha value is -0.830. The van der Waals surface area contributed by atoms with Crippen molar-refractivity contribution in [2.45, 2.75) is 12.1 Å². The van der Waals surface area contributed by atoms with E-state index in [9.17, 15) is 9.00 Å². The molecular weight excluding hydrogens is 212 g/mol. The van der Waals surface area contributed by atoms with Crippen LogP contribution in [0.1, 0.15) is 0 Å². The lowest BCUT2D eigenvalue weighted by atomic mass is 10.4. The van der Waals surface area contributed by atoms with Crippen molar-refractivity contribution in [1.29, 1.82) is 5.41 Å². The summed E-state index contributed by atoms with van der Waals surface area (Å²) in [6, 6.07) is -1.21. The summed E-state index contributed by atoms with van der Waals surface area (Å²) in [4.78, 5) is 14.1. The van der Waals surface area contributed by atoms with E-state index in [4.69, 9.17) is 21.5 Å². The molecule has 7 nitrogen and oxygen atoms in total. The molecule has 0 fully saturated rings. The van der Waals surface area contributed by atoms with Crippen LogP contribution in [0.25, 0.3) is 0 Å². The van der Waals surface area contributed by atoms with Gasteiger partial charge in [0, 0.05) is 22.8 Å². The molecule has 0 aromatic carbocycles. The number of hydrogen-bond donors (Lipinski definition) is 4. The van der Waals surface area contributed by atoms with Crippen LogP contribution in [0.2, 0.25) is 0 Å². The van der Waals surface area contributed by atoms with Gasteiger partial charge >= 0.3 is 5.97 Å². The predicted molar refractivity (Wildman–Crippen MR) is 49.8 cm³/mol. The van der Waals surface area contributed by atoms with Crippen molar-refractivity contribution in [3.63, 3.8) is 0 Å². The van der Waals surface area contributed by atoms with Crippen LogP contribution in [0, 0.1) is 5.41 Å². The van der Waals surface area contributed by atoms with Crippen LogP contribution >= 0.6 is 0 Å². The number of nitrogens with two attached hydrogens (primary N) is 1. The Bertz CT molecular complexity index is 228. The second kappa shape index (κ2) is 6.60. The van der Waals surface area contributed by atoms with Crippen molar-refractivity contribution in [1.82, 2.24) is 0 Å². The highest BCUT2D eigenvalue weighted by atomic mass is 32.2. The maximum atomic E-state index is 11.2. The van der Waals surface area contributed by atoms with Crippen LogP contribution in [0.15, 0.2) is 0 Å². The van der Waals surface area contributed by atoms with Crippen molar-refractivity contribution >= 4 is 23.0 Å². The van der Waals surface area contributed by atoms with Gasteiger partial charge in [-0.1, -0.05) is 0 Å². The first-order valence-corrected chi connectivity index (χ1v) is 5.14. The second-order valence-electron chi connectivity index (χ2n) is 2.53. The van der Waals surface area contributed by atoms with E-state index in [1.165, 1.54) is 0 Å². The summed E-state index contributed by atoms with van der Waals surface area (Å²) in [5.74, 6) is -1.63. The third-order valence-corrected chi connectivity index (χ3v) is 2.79. The predicted octanol–water partition coefficient (Wildman–Crippen LogP) is -1.35. The summed E-state index contributed by atoms with van der Waals surface area (Å²) < 4.78 is 11.2. The Labute approximate surface area is 82.8 Å². The van der Waals surface area contributed by atoms with Crippen LogP contribution in [0.5, 0.6) is 0 Å². The molecule has 0 aromatic rings. The highest BCUT2D eigenvalue weighted by Gasteiger charge is 2.18. The quantitative estimate of drug-likeness (QED) is 0.240. The fourth-order valence-electron chi connectivity index (χ4n) is 0.632. The third-order valence-electron chi connectivity index (χ3n) is 1.35. The van der Waals surface area contributed by atoms with E-state index in [2.05, 4.69) is 4.89 Å². The van der Waals surface area contributed by atoms with E-state index in [0.29, 0.717) is 0 Å². The Kier molecular flexibility index (Phi) is 6.21. The molecular formula is C6H12N2O5S. The molecule has 0 rings (SSSR count). The smallest absolute Gasteiger partial charge is 0.321 e. The van der Waals surface area contributed by atoms with E-state index in [0.717, 1.165) is 6.21 Å². The summed E-state index contributed by atoms with van der Waals surface area (Å²) in [7, 11) is -1.54. The molecule has 3 atom stereocenters. The highest BCUT2D eigenvalue weighted by Crippen LogP contribution is 1.94. The first kappa shape index (κ1) is 13.2. The zero-order valence-corrected chi connectivity index (χ0v) is 8.07. The van der Waals surface area contributed by atoms with Crippen molar-refractivity contribution in [2.24, 2.45) is 5.73 Å². The number of aliphatic carboxylic acids is 1.